The zero-order chi connectivity index (χ0) is 14.4. The molecule has 0 fully saturated rings. The molecule has 1 heterocycles. The van der Waals surface area contributed by atoms with Crippen LogP contribution in [-0.2, 0) is 11.3 Å². The van der Waals surface area contributed by atoms with E-state index in [4.69, 9.17) is 25.5 Å². The van der Waals surface area contributed by atoms with Crippen LogP contribution in [-0.4, -0.2) is 24.4 Å². The van der Waals surface area contributed by atoms with E-state index in [0.717, 1.165) is 11.3 Å². The lowest BCUT2D eigenvalue weighted by Crippen LogP contribution is -2.23. The van der Waals surface area contributed by atoms with Gasteiger partial charge in [-0.1, -0.05) is 23.7 Å². The Kier molecular flexibility index (Phi) is 5.47. The molecule has 2 rings (SSSR count). The van der Waals surface area contributed by atoms with E-state index in [1.807, 2.05) is 25.1 Å². The molecule has 0 radical (unpaired) electrons. The standard InChI is InChI=1S/C15H17ClO4/c1-11-4-2-6-14(16)15(11)20-9-12(17)8-18-10-13-5-3-7-19-13/h2-7,12,17H,8-10H2,1H3. The molecule has 0 bridgehead atoms. The summed E-state index contributed by atoms with van der Waals surface area (Å²) in [4.78, 5) is 0. The highest BCUT2D eigenvalue weighted by Gasteiger charge is 2.10. The fourth-order valence-electron chi connectivity index (χ4n) is 1.72. The maximum Gasteiger partial charge on any atom is 0.140 e. The minimum absolute atomic E-state index is 0.128. The Morgan fingerprint density at radius 3 is 2.80 bits per heavy atom. The second-order valence-electron chi connectivity index (χ2n) is 4.45. The van der Waals surface area contributed by atoms with Gasteiger partial charge in [-0.15, -0.1) is 0 Å². The lowest BCUT2D eigenvalue weighted by atomic mass is 10.2. The van der Waals surface area contributed by atoms with Gasteiger partial charge in [-0.25, -0.2) is 0 Å². The Morgan fingerprint density at radius 1 is 1.25 bits per heavy atom. The van der Waals surface area contributed by atoms with Crippen LogP contribution in [0.2, 0.25) is 5.02 Å². The van der Waals surface area contributed by atoms with Crippen molar-refractivity contribution in [1.29, 1.82) is 0 Å². The number of hydrogen-bond donors (Lipinski definition) is 1. The first-order chi connectivity index (χ1) is 9.66. The SMILES string of the molecule is Cc1cccc(Cl)c1OCC(O)COCc1ccco1. The average Bonchev–Trinajstić information content (AvgIpc) is 2.91. The lowest BCUT2D eigenvalue weighted by molar-refractivity contribution is 0.000794. The molecule has 0 saturated heterocycles. The van der Waals surface area contributed by atoms with Crippen molar-refractivity contribution < 1.29 is 19.0 Å². The van der Waals surface area contributed by atoms with E-state index < -0.39 is 6.10 Å². The van der Waals surface area contributed by atoms with Crippen molar-refractivity contribution in [2.24, 2.45) is 0 Å². The second-order valence-corrected chi connectivity index (χ2v) is 4.85. The minimum Gasteiger partial charge on any atom is -0.489 e. The number of halogens is 1. The van der Waals surface area contributed by atoms with Crippen LogP contribution in [0.5, 0.6) is 5.75 Å². The van der Waals surface area contributed by atoms with Gasteiger partial charge in [0.25, 0.3) is 0 Å². The van der Waals surface area contributed by atoms with Crippen LogP contribution in [0.15, 0.2) is 41.0 Å². The molecule has 108 valence electrons. The van der Waals surface area contributed by atoms with Gasteiger partial charge in [-0.2, -0.15) is 0 Å². The molecule has 5 heteroatoms. The average molecular weight is 297 g/mol. The first kappa shape index (κ1) is 14.9. The van der Waals surface area contributed by atoms with Crippen molar-refractivity contribution in [3.8, 4) is 5.75 Å². The second kappa shape index (κ2) is 7.33. The molecule has 1 aromatic carbocycles. The fraction of sp³-hybridized carbons (Fsp3) is 0.333. The predicted molar refractivity (Wildman–Crippen MR) is 76.1 cm³/mol. The molecule has 4 nitrogen and oxygen atoms in total. The van der Waals surface area contributed by atoms with E-state index in [1.165, 1.54) is 0 Å². The first-order valence-electron chi connectivity index (χ1n) is 6.33. The monoisotopic (exact) mass is 296 g/mol. The zero-order valence-corrected chi connectivity index (χ0v) is 12.0. The van der Waals surface area contributed by atoms with Gasteiger partial charge in [-0.05, 0) is 30.7 Å². The maximum atomic E-state index is 9.80. The number of para-hydroxylation sites is 1. The quantitative estimate of drug-likeness (QED) is 0.852. The molecule has 0 saturated carbocycles. The van der Waals surface area contributed by atoms with Crippen LogP contribution < -0.4 is 4.74 Å². The molecule has 0 spiro atoms. The normalized spacial score (nSPS) is 12.3. The maximum absolute atomic E-state index is 9.80. The molecule has 2 aromatic rings. The lowest BCUT2D eigenvalue weighted by Gasteiger charge is -2.14. The highest BCUT2D eigenvalue weighted by Crippen LogP contribution is 2.27. The van der Waals surface area contributed by atoms with Crippen LogP contribution in [0.3, 0.4) is 0 Å². The van der Waals surface area contributed by atoms with E-state index in [9.17, 15) is 5.11 Å². The molecule has 20 heavy (non-hydrogen) atoms. The predicted octanol–water partition coefficient (Wildman–Crippen LogP) is 3.20. The third-order valence-corrected chi connectivity index (χ3v) is 3.02. The Bertz CT molecular complexity index is 504. The summed E-state index contributed by atoms with van der Waals surface area (Å²) < 4.78 is 16.0. The highest BCUT2D eigenvalue weighted by molar-refractivity contribution is 6.32. The van der Waals surface area contributed by atoms with Crippen LogP contribution in [0.25, 0.3) is 0 Å². The summed E-state index contributed by atoms with van der Waals surface area (Å²) >= 11 is 6.03. The number of aliphatic hydroxyl groups is 1. The van der Waals surface area contributed by atoms with Gasteiger partial charge >= 0.3 is 0 Å². The molecule has 0 aliphatic carbocycles. The number of ether oxygens (including phenoxy) is 2. The molecule has 1 N–H and O–H groups in total. The zero-order valence-electron chi connectivity index (χ0n) is 11.2. The van der Waals surface area contributed by atoms with Crippen molar-refractivity contribution in [1.82, 2.24) is 0 Å². The topological polar surface area (TPSA) is 51.8 Å². The third-order valence-electron chi connectivity index (χ3n) is 2.72. The summed E-state index contributed by atoms with van der Waals surface area (Å²) in [5, 5.41) is 10.3. The summed E-state index contributed by atoms with van der Waals surface area (Å²) in [5.74, 6) is 1.32. The molecule has 0 amide bonds. The van der Waals surface area contributed by atoms with Crippen molar-refractivity contribution in [3.63, 3.8) is 0 Å². The Balaban J connectivity index is 1.73. The minimum atomic E-state index is -0.722. The summed E-state index contributed by atoms with van der Waals surface area (Å²) in [6.07, 6.45) is 0.860. The Labute approximate surface area is 122 Å². The number of hydrogen-bond acceptors (Lipinski definition) is 4. The van der Waals surface area contributed by atoms with Crippen molar-refractivity contribution >= 4 is 11.6 Å². The Hall–Kier alpha value is -1.49. The molecule has 0 aliphatic heterocycles. The first-order valence-corrected chi connectivity index (χ1v) is 6.70. The summed E-state index contributed by atoms with van der Waals surface area (Å²) in [6.45, 7) is 2.53. The van der Waals surface area contributed by atoms with E-state index >= 15 is 0 Å². The smallest absolute Gasteiger partial charge is 0.140 e. The largest absolute Gasteiger partial charge is 0.489 e. The van der Waals surface area contributed by atoms with Crippen LogP contribution in [0.4, 0.5) is 0 Å². The summed E-state index contributed by atoms with van der Waals surface area (Å²) in [6, 6.07) is 9.12. The summed E-state index contributed by atoms with van der Waals surface area (Å²) in [7, 11) is 0. The van der Waals surface area contributed by atoms with Crippen molar-refractivity contribution in [3.05, 3.63) is 52.9 Å². The van der Waals surface area contributed by atoms with E-state index in [2.05, 4.69) is 0 Å². The van der Waals surface area contributed by atoms with Gasteiger partial charge in [0.1, 0.15) is 30.8 Å². The molecular formula is C15H17ClO4. The van der Waals surface area contributed by atoms with Gasteiger partial charge in [0, 0.05) is 0 Å². The number of furan rings is 1. The van der Waals surface area contributed by atoms with Gasteiger partial charge in [-0.3, -0.25) is 0 Å². The van der Waals surface area contributed by atoms with E-state index in [0.29, 0.717) is 17.4 Å². The van der Waals surface area contributed by atoms with Crippen molar-refractivity contribution in [2.45, 2.75) is 19.6 Å². The number of aryl methyl sites for hydroxylation is 1. The number of benzene rings is 1. The highest BCUT2D eigenvalue weighted by atomic mass is 35.5. The van der Waals surface area contributed by atoms with Crippen LogP contribution in [0.1, 0.15) is 11.3 Å². The van der Waals surface area contributed by atoms with Crippen molar-refractivity contribution in [2.75, 3.05) is 13.2 Å². The third kappa shape index (κ3) is 4.27. The van der Waals surface area contributed by atoms with Gasteiger partial charge in [0.05, 0.1) is 17.9 Å². The summed E-state index contributed by atoms with van der Waals surface area (Å²) in [5.41, 5.74) is 0.932. The molecular weight excluding hydrogens is 280 g/mol. The molecule has 1 atom stereocenters. The van der Waals surface area contributed by atoms with Gasteiger partial charge in [0.2, 0.25) is 0 Å². The fourth-order valence-corrected chi connectivity index (χ4v) is 1.99. The van der Waals surface area contributed by atoms with Crippen LogP contribution in [0, 0.1) is 6.92 Å². The van der Waals surface area contributed by atoms with Gasteiger partial charge in [0.15, 0.2) is 0 Å². The number of aliphatic hydroxyl groups excluding tert-OH is 1. The Morgan fingerprint density at radius 2 is 2.10 bits per heavy atom. The molecule has 1 aromatic heterocycles. The van der Waals surface area contributed by atoms with E-state index in [-0.39, 0.29) is 13.2 Å². The molecule has 0 aliphatic rings. The van der Waals surface area contributed by atoms with Gasteiger partial charge < -0.3 is 19.0 Å². The molecule has 1 unspecified atom stereocenters. The van der Waals surface area contributed by atoms with E-state index in [1.54, 1.807) is 18.4 Å². The number of rotatable bonds is 7. The van der Waals surface area contributed by atoms with Crippen LogP contribution >= 0.6 is 11.6 Å².